The van der Waals surface area contributed by atoms with Crippen molar-refractivity contribution in [1.82, 2.24) is 28.7 Å². The molecule has 0 N–H and O–H groups in total. The second-order valence-corrected chi connectivity index (χ2v) is 16.0. The van der Waals surface area contributed by atoms with Gasteiger partial charge in [-0.05, 0) is 53.6 Å². The zero-order valence-corrected chi connectivity index (χ0v) is 34.0. The number of hydrogen-bond acceptors (Lipinski definition) is 3. The minimum Gasteiger partial charge on any atom is -0.309 e. The highest BCUT2D eigenvalue weighted by Gasteiger charge is 2.27. The summed E-state index contributed by atoms with van der Waals surface area (Å²) >= 11 is 0. The first kappa shape index (κ1) is 35.2. The summed E-state index contributed by atoms with van der Waals surface area (Å²) in [6.45, 7) is 0. The molecule has 0 unspecified atom stereocenters. The molecule has 0 saturated heterocycles. The summed E-state index contributed by atoms with van der Waals surface area (Å²) in [5, 5.41) is 6.94. The predicted molar refractivity (Wildman–Crippen MR) is 259 cm³/mol. The van der Waals surface area contributed by atoms with Gasteiger partial charge in [0.15, 0.2) is 11.6 Å². The highest BCUT2D eigenvalue weighted by atomic mass is 15.2. The first-order valence-electron chi connectivity index (χ1n) is 21.3. The zero-order valence-electron chi connectivity index (χ0n) is 34.0. The van der Waals surface area contributed by atoms with E-state index in [0.717, 1.165) is 88.3 Å². The van der Waals surface area contributed by atoms with Gasteiger partial charge in [-0.25, -0.2) is 4.98 Å². The Bertz CT molecular complexity index is 3830. The molecule has 0 aliphatic heterocycles. The normalized spacial score (nSPS) is 11.8. The van der Waals surface area contributed by atoms with Gasteiger partial charge in [-0.2, -0.15) is 9.97 Å². The Balaban J connectivity index is 1.21. The van der Waals surface area contributed by atoms with Gasteiger partial charge in [0.25, 0.3) is 0 Å². The largest absolute Gasteiger partial charge is 0.309 e. The fourth-order valence-electron chi connectivity index (χ4n) is 9.74. The van der Waals surface area contributed by atoms with E-state index in [-0.39, 0.29) is 0 Å². The van der Waals surface area contributed by atoms with Crippen LogP contribution in [0.5, 0.6) is 0 Å². The lowest BCUT2D eigenvalue weighted by Crippen LogP contribution is -2.07. The fourth-order valence-corrected chi connectivity index (χ4v) is 9.74. The Morgan fingerprint density at radius 3 is 1.29 bits per heavy atom. The van der Waals surface area contributed by atoms with Crippen molar-refractivity contribution in [2.24, 2.45) is 0 Å². The summed E-state index contributed by atoms with van der Waals surface area (Å²) in [5.41, 5.74) is 12.8. The van der Waals surface area contributed by atoms with Crippen molar-refractivity contribution in [1.29, 1.82) is 0 Å². The summed E-state index contributed by atoms with van der Waals surface area (Å²) in [7, 11) is 0. The maximum atomic E-state index is 5.45. The van der Waals surface area contributed by atoms with E-state index in [4.69, 9.17) is 15.0 Å². The maximum absolute atomic E-state index is 5.45. The molecule has 0 fully saturated rings. The van der Waals surface area contributed by atoms with Crippen molar-refractivity contribution < 1.29 is 0 Å². The van der Waals surface area contributed by atoms with Gasteiger partial charge < -0.3 is 9.13 Å². The quantitative estimate of drug-likeness (QED) is 0.168. The number of benzene rings is 9. The first-order chi connectivity index (χ1) is 31.3. The lowest BCUT2D eigenvalue weighted by molar-refractivity contribution is 0.953. The van der Waals surface area contributed by atoms with E-state index in [1.54, 1.807) is 0 Å². The molecule has 13 rings (SSSR count). The minimum absolute atomic E-state index is 0.544. The van der Waals surface area contributed by atoms with Crippen LogP contribution in [0.3, 0.4) is 0 Å². The van der Waals surface area contributed by atoms with E-state index in [1.807, 2.05) is 24.3 Å². The van der Waals surface area contributed by atoms with Crippen LogP contribution in [0, 0.1) is 0 Å². The lowest BCUT2D eigenvalue weighted by Gasteiger charge is -2.15. The van der Waals surface area contributed by atoms with Gasteiger partial charge in [-0.15, -0.1) is 0 Å². The van der Waals surface area contributed by atoms with Crippen molar-refractivity contribution in [2.45, 2.75) is 0 Å². The van der Waals surface area contributed by atoms with Crippen LogP contribution in [0.1, 0.15) is 0 Å². The molecule has 0 spiro atoms. The van der Waals surface area contributed by atoms with Crippen LogP contribution in [0.15, 0.2) is 218 Å². The third-order valence-electron chi connectivity index (χ3n) is 12.5. The van der Waals surface area contributed by atoms with Gasteiger partial charge in [0.2, 0.25) is 5.95 Å². The average molecular weight is 805 g/mol. The van der Waals surface area contributed by atoms with E-state index in [1.165, 1.54) is 10.8 Å². The number of para-hydroxylation sites is 5. The first-order valence-corrected chi connectivity index (χ1v) is 21.3. The Hall–Kier alpha value is -8.61. The van der Waals surface area contributed by atoms with Crippen LogP contribution in [-0.2, 0) is 0 Å². The fraction of sp³-hybridized carbons (Fsp3) is 0. The molecule has 0 aliphatic rings. The van der Waals surface area contributed by atoms with Gasteiger partial charge in [0, 0.05) is 49.1 Å². The molecule has 0 atom stereocenters. The molecule has 0 saturated carbocycles. The Kier molecular flexibility index (Phi) is 7.80. The Labute approximate surface area is 362 Å². The van der Waals surface area contributed by atoms with E-state index >= 15 is 0 Å². The summed E-state index contributed by atoms with van der Waals surface area (Å²) in [4.78, 5) is 16.1. The van der Waals surface area contributed by atoms with Gasteiger partial charge in [-0.1, -0.05) is 176 Å². The molecule has 0 amide bonds. The SMILES string of the molecule is c1ccc(-c2ccc(-c3nc(-c4ccccc4)nc(-n4c5ccccc5c5c(-n6c7ccccc7c7ccccc76)cc6c7ccccc7n(-c7ccccc7)c6c54)n3)cc2)cc1. The predicted octanol–water partition coefficient (Wildman–Crippen LogP) is 14.2. The molecule has 6 heteroatoms. The number of rotatable bonds is 6. The number of fused-ring (bicyclic) bond motifs is 10. The van der Waals surface area contributed by atoms with Gasteiger partial charge in [0.1, 0.15) is 0 Å². The van der Waals surface area contributed by atoms with Gasteiger partial charge in [0.05, 0.1) is 38.8 Å². The molecular formula is C57H36N6. The van der Waals surface area contributed by atoms with Crippen LogP contribution in [0.4, 0.5) is 0 Å². The van der Waals surface area contributed by atoms with Crippen molar-refractivity contribution in [3.8, 4) is 51.2 Å². The van der Waals surface area contributed by atoms with E-state index in [9.17, 15) is 0 Å². The van der Waals surface area contributed by atoms with Crippen LogP contribution in [-0.4, -0.2) is 28.7 Å². The highest BCUT2D eigenvalue weighted by molar-refractivity contribution is 6.27. The second kappa shape index (κ2) is 14.0. The lowest BCUT2D eigenvalue weighted by atomic mass is 10.0. The molecule has 63 heavy (non-hydrogen) atoms. The summed E-state index contributed by atoms with van der Waals surface area (Å²) in [6, 6.07) is 77.3. The minimum atomic E-state index is 0.544. The third kappa shape index (κ3) is 5.41. The van der Waals surface area contributed by atoms with Crippen LogP contribution in [0.2, 0.25) is 0 Å². The molecule has 13 aromatic rings. The van der Waals surface area contributed by atoms with Crippen LogP contribution in [0.25, 0.3) is 117 Å². The smallest absolute Gasteiger partial charge is 0.238 e. The molecule has 9 aromatic carbocycles. The highest BCUT2D eigenvalue weighted by Crippen LogP contribution is 2.46. The van der Waals surface area contributed by atoms with Gasteiger partial charge in [-0.3, -0.25) is 4.57 Å². The summed E-state index contributed by atoms with van der Waals surface area (Å²) in [5.74, 6) is 1.75. The standard InChI is InChI=1S/C57H36N6/c1-4-18-37(19-5-1)38-32-34-40(35-33-38)56-58-55(39-20-6-2-7-21-39)59-57(60-56)63-50-31-17-13-27-45(50)52-51(62-48-29-15-10-24-42(48)43-25-11-16-30-49(43)62)36-46-44-26-12-14-28-47(44)61(53(46)54(52)63)41-22-8-3-9-23-41/h1-36H. The molecule has 0 bridgehead atoms. The van der Waals surface area contributed by atoms with Crippen LogP contribution < -0.4 is 0 Å². The van der Waals surface area contributed by atoms with E-state index in [2.05, 4.69) is 208 Å². The molecule has 4 aromatic heterocycles. The van der Waals surface area contributed by atoms with Crippen LogP contribution >= 0.6 is 0 Å². The monoisotopic (exact) mass is 804 g/mol. The Morgan fingerprint density at radius 2 is 0.698 bits per heavy atom. The summed E-state index contributed by atoms with van der Waals surface area (Å²) < 4.78 is 7.17. The molecule has 294 valence electrons. The maximum Gasteiger partial charge on any atom is 0.238 e. The number of hydrogen-bond donors (Lipinski definition) is 0. The van der Waals surface area contributed by atoms with E-state index < -0.39 is 0 Å². The zero-order chi connectivity index (χ0) is 41.4. The molecular weight excluding hydrogens is 769 g/mol. The second-order valence-electron chi connectivity index (χ2n) is 16.0. The van der Waals surface area contributed by atoms with E-state index in [0.29, 0.717) is 17.6 Å². The average Bonchev–Trinajstić information content (AvgIpc) is 4.01. The van der Waals surface area contributed by atoms with Crippen molar-refractivity contribution >= 4 is 65.4 Å². The molecule has 0 aliphatic carbocycles. The molecule has 6 nitrogen and oxygen atoms in total. The summed E-state index contributed by atoms with van der Waals surface area (Å²) in [6.07, 6.45) is 0. The molecule has 0 radical (unpaired) electrons. The number of aromatic nitrogens is 6. The van der Waals surface area contributed by atoms with Gasteiger partial charge >= 0.3 is 0 Å². The molecule has 4 heterocycles. The number of nitrogens with zero attached hydrogens (tertiary/aromatic N) is 6. The van der Waals surface area contributed by atoms with Crippen molar-refractivity contribution in [3.05, 3.63) is 218 Å². The van der Waals surface area contributed by atoms with Crippen molar-refractivity contribution in [2.75, 3.05) is 0 Å². The Morgan fingerprint density at radius 1 is 0.286 bits per heavy atom. The third-order valence-corrected chi connectivity index (χ3v) is 12.5. The van der Waals surface area contributed by atoms with Crippen molar-refractivity contribution in [3.63, 3.8) is 0 Å². The topological polar surface area (TPSA) is 53.5 Å².